The lowest BCUT2D eigenvalue weighted by molar-refractivity contribution is -0.141. The summed E-state index contributed by atoms with van der Waals surface area (Å²) in [5.41, 5.74) is -1.08. The summed E-state index contributed by atoms with van der Waals surface area (Å²) in [6.45, 7) is 5.13. The van der Waals surface area contributed by atoms with Gasteiger partial charge in [0.25, 0.3) is 0 Å². The Morgan fingerprint density at radius 2 is 1.90 bits per heavy atom. The first kappa shape index (κ1) is 17.2. The summed E-state index contributed by atoms with van der Waals surface area (Å²) in [6.07, 6.45) is -4.52. The van der Waals surface area contributed by atoms with E-state index in [-0.39, 0.29) is 16.8 Å². The minimum atomic E-state index is -4.52. The van der Waals surface area contributed by atoms with Gasteiger partial charge in [0, 0.05) is 13.1 Å². The molecule has 1 aromatic heterocycles. The lowest BCUT2D eigenvalue weighted by Crippen LogP contribution is -2.34. The fourth-order valence-electron chi connectivity index (χ4n) is 2.08. The second-order valence-electron chi connectivity index (χ2n) is 5.96. The number of hydrogen-bond acceptors (Lipinski definition) is 4. The number of nitrogens with one attached hydrogen (secondary N) is 1. The third-order valence-corrected chi connectivity index (χ3v) is 2.78. The van der Waals surface area contributed by atoms with Crippen molar-refractivity contribution in [1.29, 1.82) is 5.26 Å². The molecule has 0 radical (unpaired) electrons. The SMILES string of the molecule is CN(C)CC(C)(C)CNc1nc(C(F)(F)F)ccc1C#N. The van der Waals surface area contributed by atoms with Gasteiger partial charge in [-0.1, -0.05) is 13.8 Å². The third-order valence-electron chi connectivity index (χ3n) is 2.78. The zero-order valence-corrected chi connectivity index (χ0v) is 12.5. The van der Waals surface area contributed by atoms with Gasteiger partial charge >= 0.3 is 6.18 Å². The van der Waals surface area contributed by atoms with Gasteiger partial charge in [-0.3, -0.25) is 0 Å². The van der Waals surface area contributed by atoms with Crippen molar-refractivity contribution in [2.24, 2.45) is 5.41 Å². The lowest BCUT2D eigenvalue weighted by atomic mass is 9.93. The fraction of sp³-hybridized carbons (Fsp3) is 0.571. The van der Waals surface area contributed by atoms with Gasteiger partial charge in [0.1, 0.15) is 17.6 Å². The summed E-state index contributed by atoms with van der Waals surface area (Å²) in [6, 6.07) is 3.80. The monoisotopic (exact) mass is 300 g/mol. The zero-order valence-electron chi connectivity index (χ0n) is 12.5. The molecule has 1 N–H and O–H groups in total. The Hall–Kier alpha value is -1.81. The molecule has 0 aliphatic heterocycles. The van der Waals surface area contributed by atoms with Crippen LogP contribution in [0, 0.1) is 16.7 Å². The molecule has 0 fully saturated rings. The maximum Gasteiger partial charge on any atom is 0.433 e. The van der Waals surface area contributed by atoms with E-state index in [1.165, 1.54) is 0 Å². The molecule has 0 unspecified atom stereocenters. The topological polar surface area (TPSA) is 52.0 Å². The smallest absolute Gasteiger partial charge is 0.368 e. The molecule has 116 valence electrons. The summed E-state index contributed by atoms with van der Waals surface area (Å²) >= 11 is 0. The van der Waals surface area contributed by atoms with Crippen LogP contribution in [0.1, 0.15) is 25.1 Å². The molecular weight excluding hydrogens is 281 g/mol. The standard InChI is InChI=1S/C14H19F3N4/c1-13(2,9-21(3)4)8-19-12-10(7-18)5-6-11(20-12)14(15,16)17/h5-6H,8-9H2,1-4H3,(H,19,20). The third kappa shape index (κ3) is 5.23. The van der Waals surface area contributed by atoms with Crippen molar-refractivity contribution in [3.63, 3.8) is 0 Å². The highest BCUT2D eigenvalue weighted by molar-refractivity contribution is 5.52. The summed E-state index contributed by atoms with van der Waals surface area (Å²) in [7, 11) is 3.84. The Labute approximate surface area is 122 Å². The quantitative estimate of drug-likeness (QED) is 0.908. The van der Waals surface area contributed by atoms with Crippen LogP contribution in [0.3, 0.4) is 0 Å². The molecule has 0 atom stereocenters. The molecular formula is C14H19F3N4. The maximum absolute atomic E-state index is 12.7. The van der Waals surface area contributed by atoms with Crippen molar-refractivity contribution in [3.8, 4) is 6.07 Å². The summed E-state index contributed by atoms with van der Waals surface area (Å²) in [5.74, 6) is -0.0286. The second-order valence-corrected chi connectivity index (χ2v) is 5.96. The predicted molar refractivity (Wildman–Crippen MR) is 74.8 cm³/mol. The highest BCUT2D eigenvalue weighted by Crippen LogP contribution is 2.29. The molecule has 1 rings (SSSR count). The van der Waals surface area contributed by atoms with E-state index in [4.69, 9.17) is 5.26 Å². The molecule has 0 bridgehead atoms. The average Bonchev–Trinajstić information content (AvgIpc) is 2.33. The maximum atomic E-state index is 12.7. The van der Waals surface area contributed by atoms with E-state index in [1.54, 1.807) is 0 Å². The minimum Gasteiger partial charge on any atom is -0.368 e. The Morgan fingerprint density at radius 3 is 2.38 bits per heavy atom. The van der Waals surface area contributed by atoms with Gasteiger partial charge in [0.15, 0.2) is 0 Å². The van der Waals surface area contributed by atoms with Crippen LogP contribution in [-0.4, -0.2) is 37.1 Å². The van der Waals surface area contributed by atoms with Gasteiger partial charge in [-0.05, 0) is 31.6 Å². The number of rotatable bonds is 5. The van der Waals surface area contributed by atoms with Gasteiger partial charge in [0.05, 0.1) is 5.56 Å². The Bertz CT molecular complexity index is 530. The van der Waals surface area contributed by atoms with E-state index in [0.29, 0.717) is 6.54 Å². The average molecular weight is 300 g/mol. The van der Waals surface area contributed by atoms with Gasteiger partial charge in [-0.25, -0.2) is 4.98 Å². The zero-order chi connectivity index (χ0) is 16.3. The van der Waals surface area contributed by atoms with Gasteiger partial charge in [0.2, 0.25) is 0 Å². The van der Waals surface area contributed by atoms with E-state index in [9.17, 15) is 13.2 Å². The van der Waals surface area contributed by atoms with Crippen molar-refractivity contribution in [1.82, 2.24) is 9.88 Å². The van der Waals surface area contributed by atoms with Crippen molar-refractivity contribution < 1.29 is 13.2 Å². The first-order valence-corrected chi connectivity index (χ1v) is 6.42. The number of halogens is 3. The van der Waals surface area contributed by atoms with Crippen LogP contribution in [0.15, 0.2) is 12.1 Å². The van der Waals surface area contributed by atoms with Crippen molar-refractivity contribution in [2.45, 2.75) is 20.0 Å². The number of hydrogen-bond donors (Lipinski definition) is 1. The number of anilines is 1. The van der Waals surface area contributed by atoms with Gasteiger partial charge < -0.3 is 10.2 Å². The minimum absolute atomic E-state index is 0.0286. The first-order chi connectivity index (χ1) is 9.55. The number of alkyl halides is 3. The molecule has 0 spiro atoms. The molecule has 21 heavy (non-hydrogen) atoms. The molecule has 0 aliphatic rings. The van der Waals surface area contributed by atoms with Crippen LogP contribution in [0.25, 0.3) is 0 Å². The van der Waals surface area contributed by atoms with Crippen LogP contribution in [0.5, 0.6) is 0 Å². The van der Waals surface area contributed by atoms with Crippen molar-refractivity contribution in [2.75, 3.05) is 32.5 Å². The largest absolute Gasteiger partial charge is 0.433 e. The van der Waals surface area contributed by atoms with Crippen LogP contribution in [0.2, 0.25) is 0 Å². The molecule has 1 heterocycles. The second kappa shape index (κ2) is 6.31. The fourth-order valence-corrected chi connectivity index (χ4v) is 2.08. The van der Waals surface area contributed by atoms with Crippen molar-refractivity contribution in [3.05, 3.63) is 23.4 Å². The van der Waals surface area contributed by atoms with Crippen LogP contribution in [-0.2, 0) is 6.18 Å². The van der Waals surface area contributed by atoms with Crippen LogP contribution in [0.4, 0.5) is 19.0 Å². The molecule has 0 aromatic carbocycles. The first-order valence-electron chi connectivity index (χ1n) is 6.42. The van der Waals surface area contributed by atoms with E-state index < -0.39 is 11.9 Å². The number of nitrogens with zero attached hydrogens (tertiary/aromatic N) is 3. The molecule has 0 aliphatic carbocycles. The molecule has 0 saturated heterocycles. The Balaban J connectivity index is 2.94. The van der Waals surface area contributed by atoms with Gasteiger partial charge in [-0.2, -0.15) is 18.4 Å². The normalized spacial score (nSPS) is 12.3. The summed E-state index contributed by atoms with van der Waals surface area (Å²) in [5, 5.41) is 11.8. The molecule has 7 heteroatoms. The molecule has 4 nitrogen and oxygen atoms in total. The number of pyridine rings is 1. The highest BCUT2D eigenvalue weighted by Gasteiger charge is 2.33. The number of nitriles is 1. The predicted octanol–water partition coefficient (Wildman–Crippen LogP) is 2.97. The summed E-state index contributed by atoms with van der Waals surface area (Å²) < 4.78 is 38.0. The molecule has 0 saturated carbocycles. The van der Waals surface area contributed by atoms with E-state index in [2.05, 4.69) is 10.3 Å². The molecule has 1 aromatic rings. The van der Waals surface area contributed by atoms with E-state index in [0.717, 1.165) is 18.7 Å². The van der Waals surface area contributed by atoms with Crippen molar-refractivity contribution >= 4 is 5.82 Å². The van der Waals surface area contributed by atoms with E-state index in [1.807, 2.05) is 38.9 Å². The molecule has 0 amide bonds. The Morgan fingerprint density at radius 1 is 1.29 bits per heavy atom. The lowest BCUT2D eigenvalue weighted by Gasteiger charge is -2.28. The van der Waals surface area contributed by atoms with Gasteiger partial charge in [-0.15, -0.1) is 0 Å². The summed E-state index contributed by atoms with van der Waals surface area (Å²) in [4.78, 5) is 5.52. The number of aromatic nitrogens is 1. The van der Waals surface area contributed by atoms with E-state index >= 15 is 0 Å². The Kier molecular flexibility index (Phi) is 5.18. The van der Waals surface area contributed by atoms with Crippen LogP contribution >= 0.6 is 0 Å². The highest BCUT2D eigenvalue weighted by atomic mass is 19.4. The van der Waals surface area contributed by atoms with Crippen LogP contribution < -0.4 is 5.32 Å².